The van der Waals surface area contributed by atoms with Gasteiger partial charge >= 0.3 is 0 Å². The first-order chi connectivity index (χ1) is 6.83. The second-order valence-corrected chi connectivity index (χ2v) is 5.31. The minimum Gasteiger partial charge on any atom is -0.284 e. The van der Waals surface area contributed by atoms with Crippen LogP contribution in [-0.4, -0.2) is 8.42 Å². The molecule has 0 aliphatic carbocycles. The third-order valence-electron chi connectivity index (χ3n) is 1.93. The Kier molecular flexibility index (Phi) is 3.19. The molecular formula is C11H15NO2S. The molecule has 0 spiro atoms. The van der Waals surface area contributed by atoms with Gasteiger partial charge in [-0.15, -0.1) is 0 Å². The van der Waals surface area contributed by atoms with Crippen molar-refractivity contribution in [1.29, 1.82) is 0 Å². The van der Waals surface area contributed by atoms with Gasteiger partial charge in [0.15, 0.2) is 0 Å². The lowest BCUT2D eigenvalue weighted by molar-refractivity contribution is 0.588. The number of benzene rings is 1. The molecule has 4 heteroatoms. The van der Waals surface area contributed by atoms with Crippen LogP contribution in [0, 0.1) is 13.8 Å². The Morgan fingerprint density at radius 3 is 2.40 bits per heavy atom. The van der Waals surface area contributed by atoms with Crippen molar-refractivity contribution in [3.63, 3.8) is 0 Å². The van der Waals surface area contributed by atoms with E-state index < -0.39 is 10.0 Å². The normalized spacial score (nSPS) is 11.1. The van der Waals surface area contributed by atoms with Crippen molar-refractivity contribution in [1.82, 2.24) is 4.72 Å². The molecule has 0 radical (unpaired) electrons. The van der Waals surface area contributed by atoms with Crippen LogP contribution in [0.1, 0.15) is 18.1 Å². The highest BCUT2D eigenvalue weighted by molar-refractivity contribution is 7.89. The first-order valence-electron chi connectivity index (χ1n) is 4.58. The number of allylic oxidation sites excluding steroid dienone is 1. The monoisotopic (exact) mass is 225 g/mol. The molecule has 1 aromatic rings. The van der Waals surface area contributed by atoms with Crippen LogP contribution >= 0.6 is 0 Å². The van der Waals surface area contributed by atoms with E-state index in [1.165, 1.54) is 0 Å². The van der Waals surface area contributed by atoms with Crippen LogP contribution in [0.3, 0.4) is 0 Å². The number of nitrogens with one attached hydrogen (secondary N) is 1. The van der Waals surface area contributed by atoms with Crippen molar-refractivity contribution in [3.05, 3.63) is 41.6 Å². The lowest BCUT2D eigenvalue weighted by atomic mass is 10.2. The molecule has 0 unspecified atom stereocenters. The summed E-state index contributed by atoms with van der Waals surface area (Å²) in [4.78, 5) is 0.302. The molecule has 0 fully saturated rings. The van der Waals surface area contributed by atoms with Crippen LogP contribution in [0.4, 0.5) is 0 Å². The number of aryl methyl sites for hydroxylation is 2. The minimum atomic E-state index is -3.46. The largest absolute Gasteiger partial charge is 0.284 e. The minimum absolute atomic E-state index is 0.302. The lowest BCUT2D eigenvalue weighted by Crippen LogP contribution is -2.22. The summed E-state index contributed by atoms with van der Waals surface area (Å²) < 4.78 is 26.0. The summed E-state index contributed by atoms with van der Waals surface area (Å²) in [6.07, 6.45) is 0. The summed E-state index contributed by atoms with van der Waals surface area (Å²) in [5.41, 5.74) is 2.19. The molecule has 1 aromatic carbocycles. The summed E-state index contributed by atoms with van der Waals surface area (Å²) in [5.74, 6) is 0. The van der Waals surface area contributed by atoms with E-state index in [-0.39, 0.29) is 0 Å². The molecule has 0 saturated carbocycles. The standard InChI is InChI=1S/C11H15NO2S/c1-8(2)12-15(13,14)11-6-5-9(3)7-10(11)4/h5-7,12H,1H2,2-4H3. The van der Waals surface area contributed by atoms with Gasteiger partial charge in [0.05, 0.1) is 4.90 Å². The van der Waals surface area contributed by atoms with E-state index in [2.05, 4.69) is 11.3 Å². The van der Waals surface area contributed by atoms with Crippen LogP contribution in [0.25, 0.3) is 0 Å². The zero-order chi connectivity index (χ0) is 11.6. The predicted octanol–water partition coefficient (Wildman–Crippen LogP) is 2.12. The van der Waals surface area contributed by atoms with Gasteiger partial charge in [-0.25, -0.2) is 8.42 Å². The van der Waals surface area contributed by atoms with E-state index in [1.54, 1.807) is 26.0 Å². The maximum absolute atomic E-state index is 11.8. The topological polar surface area (TPSA) is 46.2 Å². The average molecular weight is 225 g/mol. The molecule has 0 aliphatic heterocycles. The Hall–Kier alpha value is -1.29. The first-order valence-corrected chi connectivity index (χ1v) is 6.07. The molecule has 0 aromatic heterocycles. The number of hydrogen-bond acceptors (Lipinski definition) is 2. The van der Waals surface area contributed by atoms with Crippen molar-refractivity contribution < 1.29 is 8.42 Å². The molecule has 82 valence electrons. The van der Waals surface area contributed by atoms with E-state index >= 15 is 0 Å². The van der Waals surface area contributed by atoms with Crippen LogP contribution in [0.15, 0.2) is 35.4 Å². The molecule has 0 saturated heterocycles. The molecule has 0 amide bonds. The average Bonchev–Trinajstić information content (AvgIpc) is 1.99. The SMILES string of the molecule is C=C(C)NS(=O)(=O)c1ccc(C)cc1C. The van der Waals surface area contributed by atoms with Gasteiger partial charge in [0.1, 0.15) is 0 Å². The van der Waals surface area contributed by atoms with Crippen molar-refractivity contribution in [2.75, 3.05) is 0 Å². The number of hydrogen-bond donors (Lipinski definition) is 1. The third kappa shape index (κ3) is 2.83. The van der Waals surface area contributed by atoms with E-state index in [0.717, 1.165) is 11.1 Å². The third-order valence-corrected chi connectivity index (χ3v) is 3.58. The molecule has 0 bridgehead atoms. The smallest absolute Gasteiger partial charge is 0.261 e. The lowest BCUT2D eigenvalue weighted by Gasteiger charge is -2.10. The molecule has 1 N–H and O–H groups in total. The van der Waals surface area contributed by atoms with Crippen LogP contribution in [0.2, 0.25) is 0 Å². The Balaban J connectivity index is 3.22. The highest BCUT2D eigenvalue weighted by Gasteiger charge is 2.15. The van der Waals surface area contributed by atoms with Crippen molar-refractivity contribution in [2.45, 2.75) is 25.7 Å². The molecular weight excluding hydrogens is 210 g/mol. The van der Waals surface area contributed by atoms with E-state index in [9.17, 15) is 8.42 Å². The van der Waals surface area contributed by atoms with Crippen LogP contribution < -0.4 is 4.72 Å². The van der Waals surface area contributed by atoms with Crippen molar-refractivity contribution in [3.8, 4) is 0 Å². The Labute approximate surface area is 90.9 Å². The van der Waals surface area contributed by atoms with E-state index in [1.807, 2.05) is 13.0 Å². The van der Waals surface area contributed by atoms with Gasteiger partial charge in [-0.1, -0.05) is 24.3 Å². The van der Waals surface area contributed by atoms with Gasteiger partial charge in [-0.3, -0.25) is 4.72 Å². The second kappa shape index (κ2) is 4.06. The molecule has 0 atom stereocenters. The summed E-state index contributed by atoms with van der Waals surface area (Å²) in [6.45, 7) is 8.84. The van der Waals surface area contributed by atoms with E-state index in [0.29, 0.717) is 10.6 Å². The van der Waals surface area contributed by atoms with Gasteiger partial charge in [0, 0.05) is 5.70 Å². The van der Waals surface area contributed by atoms with Crippen molar-refractivity contribution >= 4 is 10.0 Å². The summed E-state index contributed by atoms with van der Waals surface area (Å²) in [7, 11) is -3.46. The number of sulfonamides is 1. The van der Waals surface area contributed by atoms with Gasteiger partial charge in [-0.2, -0.15) is 0 Å². The van der Waals surface area contributed by atoms with Crippen molar-refractivity contribution in [2.24, 2.45) is 0 Å². The van der Waals surface area contributed by atoms with Crippen LogP contribution in [-0.2, 0) is 10.0 Å². The Morgan fingerprint density at radius 1 is 1.33 bits per heavy atom. The quantitative estimate of drug-likeness (QED) is 0.856. The Bertz CT molecular complexity index is 489. The number of rotatable bonds is 3. The molecule has 0 heterocycles. The van der Waals surface area contributed by atoms with Gasteiger partial charge in [-0.05, 0) is 32.4 Å². The van der Waals surface area contributed by atoms with Gasteiger partial charge < -0.3 is 0 Å². The first kappa shape index (κ1) is 11.8. The zero-order valence-corrected chi connectivity index (χ0v) is 9.98. The highest BCUT2D eigenvalue weighted by atomic mass is 32.2. The fraction of sp³-hybridized carbons (Fsp3) is 0.273. The maximum atomic E-state index is 11.8. The Morgan fingerprint density at radius 2 is 1.93 bits per heavy atom. The van der Waals surface area contributed by atoms with Gasteiger partial charge in [0.25, 0.3) is 10.0 Å². The fourth-order valence-corrected chi connectivity index (χ4v) is 2.68. The predicted molar refractivity (Wildman–Crippen MR) is 61.1 cm³/mol. The zero-order valence-electron chi connectivity index (χ0n) is 9.16. The molecule has 15 heavy (non-hydrogen) atoms. The second-order valence-electron chi connectivity index (χ2n) is 3.65. The summed E-state index contributed by atoms with van der Waals surface area (Å²) in [5, 5.41) is 0. The fourth-order valence-electron chi connectivity index (χ4n) is 1.39. The van der Waals surface area contributed by atoms with E-state index in [4.69, 9.17) is 0 Å². The molecule has 3 nitrogen and oxygen atoms in total. The van der Waals surface area contributed by atoms with Crippen LogP contribution in [0.5, 0.6) is 0 Å². The van der Waals surface area contributed by atoms with Gasteiger partial charge in [0.2, 0.25) is 0 Å². The summed E-state index contributed by atoms with van der Waals surface area (Å²) in [6, 6.07) is 5.23. The molecule has 1 rings (SSSR count). The summed E-state index contributed by atoms with van der Waals surface area (Å²) >= 11 is 0. The maximum Gasteiger partial charge on any atom is 0.261 e. The molecule has 0 aliphatic rings. The highest BCUT2D eigenvalue weighted by Crippen LogP contribution is 2.16.